The van der Waals surface area contributed by atoms with Gasteiger partial charge in [0, 0.05) is 0 Å². The van der Waals surface area contributed by atoms with Crippen molar-refractivity contribution in [3.8, 4) is 6.07 Å². The van der Waals surface area contributed by atoms with Crippen molar-refractivity contribution < 1.29 is 23.5 Å². The molecule has 100 valence electrons. The van der Waals surface area contributed by atoms with Crippen molar-refractivity contribution in [3.63, 3.8) is 0 Å². The summed E-state index contributed by atoms with van der Waals surface area (Å²) in [6.45, 7) is 0. The van der Waals surface area contributed by atoms with Gasteiger partial charge in [0.25, 0.3) is 0 Å². The van der Waals surface area contributed by atoms with Gasteiger partial charge in [-0.15, -0.1) is 0 Å². The van der Waals surface area contributed by atoms with Gasteiger partial charge in [-0.1, -0.05) is 0 Å². The maximum Gasteiger partial charge on any atom is 0.340 e. The lowest BCUT2D eigenvalue weighted by molar-refractivity contribution is -0.127. The van der Waals surface area contributed by atoms with Crippen LogP contribution >= 0.6 is 23.2 Å². The van der Waals surface area contributed by atoms with E-state index < -0.39 is 22.3 Å². The SMILES string of the molecule is COC(=O)c1ccc(C#N)cc1F.O=C(Cl)C(=O)Cl. The molecule has 1 aromatic carbocycles. The molecule has 19 heavy (non-hydrogen) atoms. The van der Waals surface area contributed by atoms with Crippen LogP contribution in [0.25, 0.3) is 0 Å². The first-order chi connectivity index (χ1) is 8.83. The Balaban J connectivity index is 0.000000459. The van der Waals surface area contributed by atoms with Crippen LogP contribution in [0.4, 0.5) is 4.39 Å². The number of rotatable bonds is 2. The Morgan fingerprint density at radius 2 is 1.79 bits per heavy atom. The van der Waals surface area contributed by atoms with Crippen molar-refractivity contribution in [2.24, 2.45) is 0 Å². The van der Waals surface area contributed by atoms with Crippen LogP contribution in [0.1, 0.15) is 15.9 Å². The Kier molecular flexibility index (Phi) is 7.34. The number of hydrogen-bond acceptors (Lipinski definition) is 5. The number of carbonyl (C=O) groups is 3. The van der Waals surface area contributed by atoms with Gasteiger partial charge in [0.05, 0.1) is 24.3 Å². The van der Waals surface area contributed by atoms with Crippen LogP contribution in [-0.4, -0.2) is 23.6 Å². The maximum atomic E-state index is 13.0. The fourth-order valence-corrected chi connectivity index (χ4v) is 0.860. The van der Waals surface area contributed by atoms with Gasteiger partial charge in [-0.25, -0.2) is 9.18 Å². The second-order valence-corrected chi connectivity index (χ2v) is 3.53. The molecule has 0 heterocycles. The molecule has 0 bridgehead atoms. The summed E-state index contributed by atoms with van der Waals surface area (Å²) in [7, 11) is 1.17. The number of nitriles is 1. The molecule has 0 radical (unpaired) electrons. The number of hydrogen-bond donors (Lipinski definition) is 0. The van der Waals surface area contributed by atoms with E-state index in [4.69, 9.17) is 5.26 Å². The van der Waals surface area contributed by atoms with Crippen LogP contribution in [0.3, 0.4) is 0 Å². The second-order valence-electron chi connectivity index (χ2n) is 2.85. The minimum atomic E-state index is -1.14. The summed E-state index contributed by atoms with van der Waals surface area (Å²) in [5, 5.41) is 6.13. The number of halogens is 3. The molecule has 1 aromatic rings. The molecule has 0 unspecified atom stereocenters. The van der Waals surface area contributed by atoms with Crippen molar-refractivity contribution >= 4 is 39.7 Å². The first-order valence-electron chi connectivity index (χ1n) is 4.50. The zero-order chi connectivity index (χ0) is 15.0. The van der Waals surface area contributed by atoms with E-state index >= 15 is 0 Å². The zero-order valence-corrected chi connectivity index (χ0v) is 11.0. The van der Waals surface area contributed by atoms with Crippen LogP contribution in [0.15, 0.2) is 18.2 Å². The maximum absolute atomic E-state index is 13.0. The van der Waals surface area contributed by atoms with Crippen LogP contribution in [0.2, 0.25) is 0 Å². The average molecular weight is 306 g/mol. The van der Waals surface area contributed by atoms with Crippen molar-refractivity contribution in [2.45, 2.75) is 0 Å². The Morgan fingerprint density at radius 1 is 1.26 bits per heavy atom. The quantitative estimate of drug-likeness (QED) is 0.474. The van der Waals surface area contributed by atoms with E-state index in [0.29, 0.717) is 0 Å². The number of methoxy groups -OCH3 is 1. The van der Waals surface area contributed by atoms with Crippen LogP contribution < -0.4 is 0 Å². The second kappa shape index (κ2) is 8.19. The molecule has 0 aliphatic rings. The first-order valence-corrected chi connectivity index (χ1v) is 5.26. The summed E-state index contributed by atoms with van der Waals surface area (Å²) in [6.07, 6.45) is 0. The van der Waals surface area contributed by atoms with E-state index in [1.807, 2.05) is 0 Å². The molecule has 0 aliphatic heterocycles. The van der Waals surface area contributed by atoms with E-state index in [1.54, 1.807) is 6.07 Å². The van der Waals surface area contributed by atoms with E-state index in [2.05, 4.69) is 27.9 Å². The molecule has 0 aromatic heterocycles. The predicted molar refractivity (Wildman–Crippen MR) is 64.2 cm³/mol. The molecule has 0 saturated carbocycles. The molecule has 0 amide bonds. The Bertz CT molecular complexity index is 542. The summed E-state index contributed by atoms with van der Waals surface area (Å²) in [5.74, 6) is -1.49. The van der Waals surface area contributed by atoms with Gasteiger partial charge >= 0.3 is 16.5 Å². The third kappa shape index (κ3) is 5.95. The summed E-state index contributed by atoms with van der Waals surface area (Å²) >= 11 is 8.98. The topological polar surface area (TPSA) is 84.2 Å². The van der Waals surface area contributed by atoms with Crippen molar-refractivity contribution in [1.29, 1.82) is 5.26 Å². The third-order valence-electron chi connectivity index (χ3n) is 1.66. The summed E-state index contributed by atoms with van der Waals surface area (Å²) in [6, 6.07) is 5.33. The van der Waals surface area contributed by atoms with Gasteiger partial charge in [0.1, 0.15) is 5.82 Å². The molecule has 0 spiro atoms. The van der Waals surface area contributed by atoms with Crippen molar-refractivity contribution in [3.05, 3.63) is 35.1 Å². The number of benzene rings is 1. The molecule has 0 atom stereocenters. The first kappa shape index (κ1) is 17.0. The lowest BCUT2D eigenvalue weighted by atomic mass is 10.1. The van der Waals surface area contributed by atoms with Crippen LogP contribution in [0, 0.1) is 17.1 Å². The predicted octanol–water partition coefficient (Wildman–Crippen LogP) is 2.00. The van der Waals surface area contributed by atoms with Crippen molar-refractivity contribution in [2.75, 3.05) is 7.11 Å². The Morgan fingerprint density at radius 3 is 2.11 bits per heavy atom. The highest BCUT2D eigenvalue weighted by Crippen LogP contribution is 2.10. The van der Waals surface area contributed by atoms with Gasteiger partial charge in [0.15, 0.2) is 0 Å². The standard InChI is InChI=1S/C9H6FNO2.C2Cl2O2/c1-13-9(12)7-3-2-6(5-11)4-8(7)10;3-1(5)2(4)6/h2-4H,1H3;. The molecular weight excluding hydrogens is 300 g/mol. The van der Waals surface area contributed by atoms with Gasteiger partial charge < -0.3 is 4.74 Å². The number of esters is 1. The van der Waals surface area contributed by atoms with E-state index in [-0.39, 0.29) is 11.1 Å². The highest BCUT2D eigenvalue weighted by molar-refractivity contribution is 6.97. The number of nitrogens with zero attached hydrogens (tertiary/aromatic N) is 1. The minimum absolute atomic E-state index is 0.165. The van der Waals surface area contributed by atoms with E-state index in [9.17, 15) is 18.8 Å². The van der Waals surface area contributed by atoms with Crippen LogP contribution in [0.5, 0.6) is 0 Å². The van der Waals surface area contributed by atoms with E-state index in [0.717, 1.165) is 6.07 Å². The fraction of sp³-hybridized carbons (Fsp3) is 0.0909. The van der Waals surface area contributed by atoms with E-state index in [1.165, 1.54) is 19.2 Å². The monoisotopic (exact) mass is 305 g/mol. The molecule has 1 rings (SSSR count). The fourth-order valence-electron chi connectivity index (χ4n) is 0.860. The van der Waals surface area contributed by atoms with Gasteiger partial charge in [0.2, 0.25) is 0 Å². The van der Waals surface area contributed by atoms with Crippen molar-refractivity contribution in [1.82, 2.24) is 0 Å². The molecule has 5 nitrogen and oxygen atoms in total. The largest absolute Gasteiger partial charge is 0.465 e. The summed E-state index contributed by atoms with van der Waals surface area (Å²) in [4.78, 5) is 29.7. The Hall–Kier alpha value is -1.97. The highest BCUT2D eigenvalue weighted by Gasteiger charge is 2.11. The van der Waals surface area contributed by atoms with Gasteiger partial charge in [-0.05, 0) is 41.4 Å². The lowest BCUT2D eigenvalue weighted by Gasteiger charge is -1.99. The van der Waals surface area contributed by atoms with Gasteiger partial charge in [-0.3, -0.25) is 9.59 Å². The Labute approximate surface area is 117 Å². The molecular formula is C11H6Cl2FNO4. The lowest BCUT2D eigenvalue weighted by Crippen LogP contribution is -2.04. The number of ether oxygens (including phenoxy) is 1. The number of carbonyl (C=O) groups excluding carboxylic acids is 3. The molecule has 0 saturated heterocycles. The molecule has 0 N–H and O–H groups in total. The normalized spacial score (nSPS) is 8.58. The zero-order valence-electron chi connectivity index (χ0n) is 9.45. The molecule has 0 aliphatic carbocycles. The summed E-state index contributed by atoms with van der Waals surface area (Å²) in [5.41, 5.74) is 0.00616. The summed E-state index contributed by atoms with van der Waals surface area (Å²) < 4.78 is 17.4. The highest BCUT2D eigenvalue weighted by atomic mass is 35.5. The molecule has 0 fully saturated rings. The van der Waals surface area contributed by atoms with Crippen LogP contribution in [-0.2, 0) is 14.3 Å². The van der Waals surface area contributed by atoms with Gasteiger partial charge in [-0.2, -0.15) is 5.26 Å². The minimum Gasteiger partial charge on any atom is -0.465 e. The third-order valence-corrected chi connectivity index (χ3v) is 2.10. The molecule has 8 heteroatoms. The average Bonchev–Trinajstić information content (AvgIpc) is 2.38. The smallest absolute Gasteiger partial charge is 0.340 e.